The minimum atomic E-state index is -3.79. The SMILES string of the molecule is CC1OCCC1(O)CNS(=O)(=O)N1CCCC(C(=O)O)C1. The third-order valence-corrected chi connectivity index (χ3v) is 5.81. The lowest BCUT2D eigenvalue weighted by molar-refractivity contribution is -0.142. The standard InChI is InChI=1S/C12H22N2O6S/c1-9-12(17,4-6-20-9)8-13-21(18,19)14-5-2-3-10(7-14)11(15)16/h9-10,13,17H,2-8H2,1H3,(H,15,16). The maximum absolute atomic E-state index is 12.2. The van der Waals surface area contributed by atoms with Crippen LogP contribution < -0.4 is 4.72 Å². The van der Waals surface area contributed by atoms with E-state index in [0.717, 1.165) is 4.31 Å². The Morgan fingerprint density at radius 2 is 2.24 bits per heavy atom. The summed E-state index contributed by atoms with van der Waals surface area (Å²) in [5.41, 5.74) is -1.21. The first-order chi connectivity index (χ1) is 9.74. The van der Waals surface area contributed by atoms with E-state index in [4.69, 9.17) is 9.84 Å². The fraction of sp³-hybridized carbons (Fsp3) is 0.917. The van der Waals surface area contributed by atoms with E-state index in [9.17, 15) is 18.3 Å². The van der Waals surface area contributed by atoms with Crippen molar-refractivity contribution in [3.8, 4) is 0 Å². The van der Waals surface area contributed by atoms with Crippen LogP contribution in [0.3, 0.4) is 0 Å². The van der Waals surface area contributed by atoms with Crippen LogP contribution >= 0.6 is 0 Å². The van der Waals surface area contributed by atoms with Gasteiger partial charge in [-0.05, 0) is 19.8 Å². The van der Waals surface area contributed by atoms with Crippen molar-refractivity contribution in [3.05, 3.63) is 0 Å². The number of nitrogens with one attached hydrogen (secondary N) is 1. The molecule has 122 valence electrons. The Balaban J connectivity index is 1.97. The third-order valence-electron chi connectivity index (χ3n) is 4.29. The molecule has 2 rings (SSSR count). The van der Waals surface area contributed by atoms with E-state index in [1.165, 1.54) is 0 Å². The predicted octanol–water partition coefficient (Wildman–Crippen LogP) is -0.843. The molecule has 0 radical (unpaired) electrons. The molecule has 0 saturated carbocycles. The monoisotopic (exact) mass is 322 g/mol. The van der Waals surface area contributed by atoms with Crippen molar-refractivity contribution in [2.75, 3.05) is 26.2 Å². The molecule has 21 heavy (non-hydrogen) atoms. The number of hydrogen-bond donors (Lipinski definition) is 3. The topological polar surface area (TPSA) is 116 Å². The smallest absolute Gasteiger partial charge is 0.307 e. The maximum atomic E-state index is 12.2. The van der Waals surface area contributed by atoms with Crippen molar-refractivity contribution in [1.82, 2.24) is 9.03 Å². The lowest BCUT2D eigenvalue weighted by atomic mass is 9.97. The van der Waals surface area contributed by atoms with E-state index in [1.807, 2.05) is 0 Å². The molecule has 9 heteroatoms. The highest BCUT2D eigenvalue weighted by Gasteiger charge is 2.41. The van der Waals surface area contributed by atoms with Gasteiger partial charge in [-0.3, -0.25) is 4.79 Å². The van der Waals surface area contributed by atoms with Gasteiger partial charge in [-0.2, -0.15) is 17.4 Å². The van der Waals surface area contributed by atoms with Crippen LogP contribution in [0, 0.1) is 5.92 Å². The highest BCUT2D eigenvalue weighted by molar-refractivity contribution is 7.87. The van der Waals surface area contributed by atoms with Crippen LogP contribution in [0.25, 0.3) is 0 Å². The second-order valence-electron chi connectivity index (χ2n) is 5.73. The van der Waals surface area contributed by atoms with Crippen molar-refractivity contribution in [1.29, 1.82) is 0 Å². The van der Waals surface area contributed by atoms with Crippen molar-refractivity contribution >= 4 is 16.2 Å². The van der Waals surface area contributed by atoms with Crippen molar-refractivity contribution in [2.24, 2.45) is 5.92 Å². The summed E-state index contributed by atoms with van der Waals surface area (Å²) in [5, 5.41) is 19.3. The largest absolute Gasteiger partial charge is 0.481 e. The minimum Gasteiger partial charge on any atom is -0.481 e. The lowest BCUT2D eigenvalue weighted by Gasteiger charge is -2.32. The van der Waals surface area contributed by atoms with Crippen molar-refractivity contribution < 1.29 is 28.2 Å². The average Bonchev–Trinajstić information content (AvgIpc) is 2.77. The molecule has 2 heterocycles. The summed E-state index contributed by atoms with van der Waals surface area (Å²) in [6, 6.07) is 0. The van der Waals surface area contributed by atoms with Crippen LogP contribution in [0.1, 0.15) is 26.2 Å². The minimum absolute atomic E-state index is 0.0326. The van der Waals surface area contributed by atoms with Crippen LogP contribution in [0.2, 0.25) is 0 Å². The first kappa shape index (κ1) is 16.6. The number of carboxylic acids is 1. The Bertz CT molecular complexity index is 496. The van der Waals surface area contributed by atoms with Gasteiger partial charge in [-0.25, -0.2) is 0 Å². The van der Waals surface area contributed by atoms with Gasteiger partial charge in [-0.15, -0.1) is 0 Å². The fourth-order valence-electron chi connectivity index (χ4n) is 2.67. The first-order valence-corrected chi connectivity index (χ1v) is 8.50. The normalized spacial score (nSPS) is 35.0. The number of ether oxygens (including phenoxy) is 1. The summed E-state index contributed by atoms with van der Waals surface area (Å²) in [7, 11) is -3.79. The van der Waals surface area contributed by atoms with Crippen LogP contribution in [0.5, 0.6) is 0 Å². The summed E-state index contributed by atoms with van der Waals surface area (Å²) in [6.07, 6.45) is 0.931. The van der Waals surface area contributed by atoms with Crippen LogP contribution in [-0.2, 0) is 19.7 Å². The molecule has 3 atom stereocenters. The van der Waals surface area contributed by atoms with E-state index in [0.29, 0.717) is 32.4 Å². The van der Waals surface area contributed by atoms with E-state index < -0.39 is 33.8 Å². The molecule has 0 aromatic rings. The Morgan fingerprint density at radius 1 is 1.52 bits per heavy atom. The van der Waals surface area contributed by atoms with Crippen molar-refractivity contribution in [3.63, 3.8) is 0 Å². The van der Waals surface area contributed by atoms with Gasteiger partial charge in [-0.1, -0.05) is 0 Å². The number of carbonyl (C=O) groups is 1. The number of carboxylic acid groups (broad SMARTS) is 1. The Kier molecular flexibility index (Phi) is 4.89. The molecule has 0 bridgehead atoms. The van der Waals surface area contributed by atoms with E-state index in [1.54, 1.807) is 6.92 Å². The molecule has 3 N–H and O–H groups in total. The van der Waals surface area contributed by atoms with Gasteiger partial charge in [0, 0.05) is 32.7 Å². The number of aliphatic hydroxyl groups is 1. The number of hydrogen-bond acceptors (Lipinski definition) is 5. The number of aliphatic carboxylic acids is 1. The van der Waals surface area contributed by atoms with Gasteiger partial charge >= 0.3 is 5.97 Å². The van der Waals surface area contributed by atoms with Gasteiger partial charge in [0.05, 0.1) is 12.0 Å². The zero-order valence-corrected chi connectivity index (χ0v) is 12.8. The van der Waals surface area contributed by atoms with E-state index in [-0.39, 0.29) is 13.1 Å². The summed E-state index contributed by atoms with van der Waals surface area (Å²) in [6.45, 7) is 2.22. The van der Waals surface area contributed by atoms with Gasteiger partial charge in [0.1, 0.15) is 5.60 Å². The summed E-state index contributed by atoms with van der Waals surface area (Å²) in [5.74, 6) is -1.65. The lowest BCUT2D eigenvalue weighted by Crippen LogP contribution is -2.53. The highest BCUT2D eigenvalue weighted by atomic mass is 32.2. The number of piperidine rings is 1. The van der Waals surface area contributed by atoms with Crippen LogP contribution in [0.15, 0.2) is 0 Å². The summed E-state index contributed by atoms with van der Waals surface area (Å²) in [4.78, 5) is 11.0. The number of rotatable bonds is 5. The van der Waals surface area contributed by atoms with Gasteiger partial charge < -0.3 is 14.9 Å². The van der Waals surface area contributed by atoms with Crippen LogP contribution in [-0.4, -0.2) is 66.9 Å². The van der Waals surface area contributed by atoms with Gasteiger partial charge in [0.25, 0.3) is 10.2 Å². The van der Waals surface area contributed by atoms with E-state index >= 15 is 0 Å². The second-order valence-corrected chi connectivity index (χ2v) is 7.48. The van der Waals surface area contributed by atoms with E-state index in [2.05, 4.69) is 4.72 Å². The zero-order chi connectivity index (χ0) is 15.7. The molecule has 2 aliphatic rings. The Morgan fingerprint density at radius 3 is 2.81 bits per heavy atom. The molecule has 0 aliphatic carbocycles. The molecule has 0 spiro atoms. The molecule has 8 nitrogen and oxygen atoms in total. The third kappa shape index (κ3) is 3.72. The Labute approximate surface area is 124 Å². The second kappa shape index (κ2) is 6.17. The summed E-state index contributed by atoms with van der Waals surface area (Å²) < 4.78 is 33.2. The first-order valence-electron chi connectivity index (χ1n) is 7.06. The molecular formula is C12H22N2O6S. The molecule has 0 amide bonds. The number of nitrogens with zero attached hydrogens (tertiary/aromatic N) is 1. The van der Waals surface area contributed by atoms with Gasteiger partial charge in [0.2, 0.25) is 0 Å². The maximum Gasteiger partial charge on any atom is 0.307 e. The molecule has 0 aromatic heterocycles. The molecule has 2 saturated heterocycles. The summed E-state index contributed by atoms with van der Waals surface area (Å²) >= 11 is 0. The molecule has 0 aromatic carbocycles. The van der Waals surface area contributed by atoms with Gasteiger partial charge in [0.15, 0.2) is 0 Å². The zero-order valence-electron chi connectivity index (χ0n) is 12.0. The van der Waals surface area contributed by atoms with Crippen molar-refractivity contribution in [2.45, 2.75) is 37.9 Å². The molecule has 2 fully saturated rings. The highest BCUT2D eigenvalue weighted by Crippen LogP contribution is 2.25. The molecular weight excluding hydrogens is 300 g/mol. The average molecular weight is 322 g/mol. The molecule has 2 aliphatic heterocycles. The van der Waals surface area contributed by atoms with Crippen LogP contribution in [0.4, 0.5) is 0 Å². The fourth-order valence-corrected chi connectivity index (χ4v) is 4.03. The quantitative estimate of drug-likeness (QED) is 0.607. The Hall–Kier alpha value is -0.740. The molecule has 3 unspecified atom stereocenters. The predicted molar refractivity (Wildman–Crippen MR) is 73.8 cm³/mol.